The van der Waals surface area contributed by atoms with Gasteiger partial charge in [0, 0.05) is 37.1 Å². The van der Waals surface area contributed by atoms with Crippen LogP contribution in [0.5, 0.6) is 0 Å². The highest BCUT2D eigenvalue weighted by Gasteiger charge is 2.36. The van der Waals surface area contributed by atoms with Gasteiger partial charge in [-0.15, -0.1) is 0 Å². The highest BCUT2D eigenvalue weighted by atomic mass is 15.3. The number of piperazine rings is 1. The van der Waals surface area contributed by atoms with Gasteiger partial charge in [-0.25, -0.2) is 9.97 Å². The molecule has 1 aromatic rings. The third-order valence-electron chi connectivity index (χ3n) is 4.18. The summed E-state index contributed by atoms with van der Waals surface area (Å²) in [5, 5.41) is 3.64. The Morgan fingerprint density at radius 2 is 2.11 bits per heavy atom. The molecule has 18 heavy (non-hydrogen) atoms. The summed E-state index contributed by atoms with van der Waals surface area (Å²) in [7, 11) is 0. The van der Waals surface area contributed by atoms with Crippen molar-refractivity contribution in [2.24, 2.45) is 0 Å². The molecule has 1 N–H and O–H groups in total. The van der Waals surface area contributed by atoms with Crippen molar-refractivity contribution in [3.05, 3.63) is 24.3 Å². The third kappa shape index (κ3) is 2.87. The molecule has 2 rings (SSSR count). The number of nitrogens with zero attached hydrogens (tertiary/aromatic N) is 3. The summed E-state index contributed by atoms with van der Waals surface area (Å²) in [4.78, 5) is 11.2. The first-order valence-electron chi connectivity index (χ1n) is 6.92. The molecule has 2 atom stereocenters. The number of aromatic nitrogens is 2. The highest BCUT2D eigenvalue weighted by molar-refractivity contribution is 4.98. The van der Waals surface area contributed by atoms with E-state index in [1.165, 1.54) is 6.42 Å². The predicted molar refractivity (Wildman–Crippen MR) is 73.2 cm³/mol. The summed E-state index contributed by atoms with van der Waals surface area (Å²) in [5.74, 6) is 0.925. The molecule has 0 radical (unpaired) electrons. The zero-order valence-corrected chi connectivity index (χ0v) is 11.7. The standard InChI is InChI=1S/C14H24N4/c1-4-12-9-18(14(3,5-2)11-17-12)10-13-15-7-6-8-16-13/h6-8,12,17H,4-5,9-11H2,1-3H3. The molecule has 0 spiro atoms. The third-order valence-corrected chi connectivity index (χ3v) is 4.18. The first kappa shape index (κ1) is 13.4. The molecule has 0 aromatic carbocycles. The molecular weight excluding hydrogens is 224 g/mol. The largest absolute Gasteiger partial charge is 0.311 e. The molecule has 1 aromatic heterocycles. The van der Waals surface area contributed by atoms with Crippen LogP contribution in [-0.2, 0) is 6.54 Å². The van der Waals surface area contributed by atoms with Crippen LogP contribution in [-0.4, -0.2) is 39.5 Å². The van der Waals surface area contributed by atoms with Crippen LogP contribution in [0.1, 0.15) is 39.4 Å². The van der Waals surface area contributed by atoms with E-state index in [0.717, 1.165) is 31.9 Å². The van der Waals surface area contributed by atoms with Crippen LogP contribution >= 0.6 is 0 Å². The van der Waals surface area contributed by atoms with Crippen LogP contribution in [0.15, 0.2) is 18.5 Å². The lowest BCUT2D eigenvalue weighted by atomic mass is 9.91. The first-order valence-corrected chi connectivity index (χ1v) is 6.92. The van der Waals surface area contributed by atoms with E-state index < -0.39 is 0 Å². The van der Waals surface area contributed by atoms with Crippen LogP contribution in [0.3, 0.4) is 0 Å². The Labute approximate surface area is 110 Å². The fourth-order valence-electron chi connectivity index (χ4n) is 2.49. The van der Waals surface area contributed by atoms with Gasteiger partial charge in [-0.1, -0.05) is 13.8 Å². The molecule has 0 amide bonds. The molecule has 1 aliphatic heterocycles. The minimum atomic E-state index is 0.213. The topological polar surface area (TPSA) is 41.1 Å². The van der Waals surface area contributed by atoms with Gasteiger partial charge < -0.3 is 5.32 Å². The summed E-state index contributed by atoms with van der Waals surface area (Å²) in [5.41, 5.74) is 0.213. The normalized spacial score (nSPS) is 29.4. The van der Waals surface area contributed by atoms with Crippen LogP contribution in [0.2, 0.25) is 0 Å². The number of nitrogens with one attached hydrogen (secondary N) is 1. The molecular formula is C14H24N4. The van der Waals surface area contributed by atoms with Crippen molar-refractivity contribution in [2.45, 2.75) is 51.7 Å². The maximum atomic E-state index is 4.35. The van der Waals surface area contributed by atoms with Crippen molar-refractivity contribution < 1.29 is 0 Å². The van der Waals surface area contributed by atoms with Crippen molar-refractivity contribution in [3.63, 3.8) is 0 Å². The fourth-order valence-corrected chi connectivity index (χ4v) is 2.49. The van der Waals surface area contributed by atoms with Gasteiger partial charge in [0.05, 0.1) is 6.54 Å². The smallest absolute Gasteiger partial charge is 0.142 e. The van der Waals surface area contributed by atoms with Gasteiger partial charge >= 0.3 is 0 Å². The van der Waals surface area contributed by atoms with E-state index in [2.05, 4.69) is 41.0 Å². The molecule has 2 heterocycles. The Morgan fingerprint density at radius 3 is 2.72 bits per heavy atom. The summed E-state index contributed by atoms with van der Waals surface area (Å²) in [6, 6.07) is 2.46. The van der Waals surface area contributed by atoms with E-state index >= 15 is 0 Å². The maximum Gasteiger partial charge on any atom is 0.142 e. The lowest BCUT2D eigenvalue weighted by molar-refractivity contribution is 0.0386. The molecule has 1 saturated heterocycles. The number of hydrogen-bond donors (Lipinski definition) is 1. The van der Waals surface area contributed by atoms with E-state index in [0.29, 0.717) is 6.04 Å². The van der Waals surface area contributed by atoms with Crippen molar-refractivity contribution in [2.75, 3.05) is 13.1 Å². The van der Waals surface area contributed by atoms with Gasteiger partial charge in [-0.2, -0.15) is 0 Å². The minimum absolute atomic E-state index is 0.213. The quantitative estimate of drug-likeness (QED) is 0.882. The summed E-state index contributed by atoms with van der Waals surface area (Å²) >= 11 is 0. The highest BCUT2D eigenvalue weighted by Crippen LogP contribution is 2.24. The fraction of sp³-hybridized carbons (Fsp3) is 0.714. The van der Waals surface area contributed by atoms with E-state index in [1.54, 1.807) is 0 Å². The SMILES string of the molecule is CCC1CN(Cc2ncccn2)C(C)(CC)CN1. The molecule has 0 saturated carbocycles. The molecule has 4 nitrogen and oxygen atoms in total. The van der Waals surface area contributed by atoms with Gasteiger partial charge in [0.2, 0.25) is 0 Å². The van der Waals surface area contributed by atoms with E-state index in [9.17, 15) is 0 Å². The zero-order valence-electron chi connectivity index (χ0n) is 11.7. The van der Waals surface area contributed by atoms with Crippen molar-refractivity contribution >= 4 is 0 Å². The van der Waals surface area contributed by atoms with Gasteiger partial charge in [0.15, 0.2) is 0 Å². The van der Waals surface area contributed by atoms with Crippen LogP contribution < -0.4 is 5.32 Å². The maximum absolute atomic E-state index is 4.35. The summed E-state index contributed by atoms with van der Waals surface area (Å²) in [6.07, 6.45) is 5.96. The Hall–Kier alpha value is -1.00. The zero-order chi connectivity index (χ0) is 13.0. The average Bonchev–Trinajstić information content (AvgIpc) is 2.42. The van der Waals surface area contributed by atoms with Gasteiger partial charge in [0.25, 0.3) is 0 Å². The van der Waals surface area contributed by atoms with Crippen molar-refractivity contribution in [1.82, 2.24) is 20.2 Å². The van der Waals surface area contributed by atoms with Crippen LogP contribution in [0, 0.1) is 0 Å². The molecule has 4 heteroatoms. The Balaban J connectivity index is 2.10. The molecule has 0 bridgehead atoms. The molecule has 100 valence electrons. The Bertz CT molecular complexity index is 367. The van der Waals surface area contributed by atoms with Crippen LogP contribution in [0.4, 0.5) is 0 Å². The van der Waals surface area contributed by atoms with Gasteiger partial charge in [-0.05, 0) is 25.8 Å². The van der Waals surface area contributed by atoms with Crippen molar-refractivity contribution in [3.8, 4) is 0 Å². The number of hydrogen-bond acceptors (Lipinski definition) is 4. The first-order chi connectivity index (χ1) is 8.68. The Morgan fingerprint density at radius 1 is 1.39 bits per heavy atom. The van der Waals surface area contributed by atoms with E-state index in [1.807, 2.05) is 18.5 Å². The van der Waals surface area contributed by atoms with E-state index in [4.69, 9.17) is 0 Å². The average molecular weight is 248 g/mol. The lowest BCUT2D eigenvalue weighted by Crippen LogP contribution is -2.62. The lowest BCUT2D eigenvalue weighted by Gasteiger charge is -2.47. The van der Waals surface area contributed by atoms with Crippen LogP contribution in [0.25, 0.3) is 0 Å². The second-order valence-electron chi connectivity index (χ2n) is 5.38. The van der Waals surface area contributed by atoms with E-state index in [-0.39, 0.29) is 5.54 Å². The monoisotopic (exact) mass is 248 g/mol. The predicted octanol–water partition coefficient (Wildman–Crippen LogP) is 1.83. The minimum Gasteiger partial charge on any atom is -0.311 e. The molecule has 1 fully saturated rings. The summed E-state index contributed by atoms with van der Waals surface area (Å²) in [6.45, 7) is 9.81. The second kappa shape index (κ2) is 5.76. The second-order valence-corrected chi connectivity index (χ2v) is 5.38. The van der Waals surface area contributed by atoms with Crippen molar-refractivity contribution in [1.29, 1.82) is 0 Å². The molecule has 0 aliphatic carbocycles. The van der Waals surface area contributed by atoms with Gasteiger partial charge in [-0.3, -0.25) is 4.90 Å². The Kier molecular flexibility index (Phi) is 4.30. The molecule has 2 unspecified atom stereocenters. The number of rotatable bonds is 4. The summed E-state index contributed by atoms with van der Waals surface area (Å²) < 4.78 is 0. The molecule has 1 aliphatic rings. The van der Waals surface area contributed by atoms with Gasteiger partial charge in [0.1, 0.15) is 5.82 Å².